The maximum absolute atomic E-state index is 10.9. The van der Waals surface area contributed by atoms with Crippen molar-refractivity contribution >= 4 is 5.97 Å². The molecule has 2 rings (SSSR count). The molecule has 2 atom stereocenters. The third-order valence-corrected chi connectivity index (χ3v) is 4.29. The van der Waals surface area contributed by atoms with E-state index in [-0.39, 0.29) is 5.92 Å². The summed E-state index contributed by atoms with van der Waals surface area (Å²) in [6, 6.07) is 0.990. The van der Waals surface area contributed by atoms with E-state index in [1.165, 1.54) is 6.42 Å². The fourth-order valence-electron chi connectivity index (χ4n) is 3.03. The highest BCUT2D eigenvalue weighted by molar-refractivity contribution is 5.69. The van der Waals surface area contributed by atoms with Crippen LogP contribution in [0.3, 0.4) is 0 Å². The smallest absolute Gasteiger partial charge is 0.307 e. The van der Waals surface area contributed by atoms with Gasteiger partial charge in [0.15, 0.2) is 0 Å². The number of hydrogen-bond acceptors (Lipinski definition) is 4. The Labute approximate surface area is 109 Å². The number of carboxylic acids is 1. The highest BCUT2D eigenvalue weighted by Crippen LogP contribution is 2.20. The first kappa shape index (κ1) is 13.8. The maximum atomic E-state index is 10.9. The molecular formula is C13H25N3O2. The standard InChI is InChI=1S/C13H25N3O2/c1-10(13(17)18)8-15-5-4-12(9-15)16-6-2-11(14)3-7-16/h10-12H,2-9,14H2,1H3,(H,17,18). The van der Waals surface area contributed by atoms with Gasteiger partial charge in [0.1, 0.15) is 0 Å². The van der Waals surface area contributed by atoms with Gasteiger partial charge >= 0.3 is 5.97 Å². The minimum atomic E-state index is -0.692. The van der Waals surface area contributed by atoms with Crippen molar-refractivity contribution in [2.24, 2.45) is 11.7 Å². The van der Waals surface area contributed by atoms with E-state index in [2.05, 4.69) is 9.80 Å². The molecule has 2 saturated heterocycles. The number of carboxylic acid groups (broad SMARTS) is 1. The summed E-state index contributed by atoms with van der Waals surface area (Å²) < 4.78 is 0. The molecule has 0 aromatic rings. The van der Waals surface area contributed by atoms with Gasteiger partial charge < -0.3 is 15.7 Å². The Morgan fingerprint density at radius 1 is 1.33 bits per heavy atom. The first-order valence-electron chi connectivity index (χ1n) is 7.01. The fraction of sp³-hybridized carbons (Fsp3) is 0.923. The van der Waals surface area contributed by atoms with Crippen molar-refractivity contribution in [2.75, 3.05) is 32.7 Å². The minimum absolute atomic E-state index is 0.265. The highest BCUT2D eigenvalue weighted by atomic mass is 16.4. The molecule has 2 heterocycles. The number of hydrogen-bond donors (Lipinski definition) is 2. The van der Waals surface area contributed by atoms with Gasteiger partial charge in [-0.3, -0.25) is 9.69 Å². The summed E-state index contributed by atoms with van der Waals surface area (Å²) in [5.74, 6) is -0.957. The Bertz CT molecular complexity index is 290. The molecule has 5 nitrogen and oxygen atoms in total. The molecule has 2 aliphatic rings. The monoisotopic (exact) mass is 255 g/mol. The fourth-order valence-corrected chi connectivity index (χ4v) is 3.03. The summed E-state index contributed by atoms with van der Waals surface area (Å²) in [6.45, 7) is 6.73. The Balaban J connectivity index is 1.76. The highest BCUT2D eigenvalue weighted by Gasteiger charge is 2.30. The molecule has 3 N–H and O–H groups in total. The van der Waals surface area contributed by atoms with Gasteiger partial charge in [-0.15, -0.1) is 0 Å². The van der Waals surface area contributed by atoms with Crippen molar-refractivity contribution in [1.82, 2.24) is 9.80 Å². The first-order valence-corrected chi connectivity index (χ1v) is 7.01. The second-order valence-electron chi connectivity index (χ2n) is 5.81. The SMILES string of the molecule is CC(CN1CCC(N2CCC(N)CC2)C1)C(=O)O. The largest absolute Gasteiger partial charge is 0.481 e. The number of rotatable bonds is 4. The van der Waals surface area contributed by atoms with Gasteiger partial charge in [0.2, 0.25) is 0 Å². The Kier molecular flexibility index (Phi) is 4.59. The summed E-state index contributed by atoms with van der Waals surface area (Å²) in [7, 11) is 0. The lowest BCUT2D eigenvalue weighted by Gasteiger charge is -2.34. The average molecular weight is 255 g/mol. The molecule has 0 spiro atoms. The molecular weight excluding hydrogens is 230 g/mol. The number of nitrogens with zero attached hydrogens (tertiary/aromatic N) is 2. The number of piperidine rings is 1. The Hall–Kier alpha value is -0.650. The lowest BCUT2D eigenvalue weighted by molar-refractivity contribution is -0.141. The zero-order valence-electron chi connectivity index (χ0n) is 11.2. The van der Waals surface area contributed by atoms with Gasteiger partial charge in [-0.05, 0) is 38.9 Å². The summed E-state index contributed by atoms with van der Waals surface area (Å²) in [5, 5.41) is 8.94. The van der Waals surface area contributed by atoms with Crippen LogP contribution in [0.25, 0.3) is 0 Å². The molecule has 0 aromatic heterocycles. The molecule has 2 aliphatic heterocycles. The molecule has 2 unspecified atom stereocenters. The van der Waals surface area contributed by atoms with Crippen LogP contribution in [-0.2, 0) is 4.79 Å². The van der Waals surface area contributed by atoms with Crippen molar-refractivity contribution in [3.63, 3.8) is 0 Å². The number of likely N-dealkylation sites (tertiary alicyclic amines) is 2. The molecule has 0 radical (unpaired) electrons. The molecule has 0 aliphatic carbocycles. The van der Waals surface area contributed by atoms with Crippen LogP contribution >= 0.6 is 0 Å². The molecule has 0 bridgehead atoms. The molecule has 0 saturated carbocycles. The predicted molar refractivity (Wildman–Crippen MR) is 70.4 cm³/mol. The number of aliphatic carboxylic acids is 1. The zero-order chi connectivity index (χ0) is 13.1. The topological polar surface area (TPSA) is 69.8 Å². The van der Waals surface area contributed by atoms with Gasteiger partial charge in [-0.2, -0.15) is 0 Å². The molecule has 5 heteroatoms. The van der Waals surface area contributed by atoms with Crippen molar-refractivity contribution in [3.05, 3.63) is 0 Å². The second-order valence-corrected chi connectivity index (χ2v) is 5.81. The van der Waals surface area contributed by atoms with Crippen LogP contribution in [0.15, 0.2) is 0 Å². The average Bonchev–Trinajstić information content (AvgIpc) is 2.78. The van der Waals surface area contributed by atoms with Crippen molar-refractivity contribution in [3.8, 4) is 0 Å². The zero-order valence-corrected chi connectivity index (χ0v) is 11.2. The number of nitrogens with two attached hydrogens (primary N) is 1. The van der Waals surface area contributed by atoms with E-state index in [0.717, 1.165) is 39.0 Å². The lowest BCUT2D eigenvalue weighted by Crippen LogP contribution is -2.46. The van der Waals surface area contributed by atoms with Crippen molar-refractivity contribution in [1.29, 1.82) is 0 Å². The van der Waals surface area contributed by atoms with Gasteiger partial charge in [0.25, 0.3) is 0 Å². The van der Waals surface area contributed by atoms with E-state index >= 15 is 0 Å². The molecule has 104 valence electrons. The summed E-state index contributed by atoms with van der Waals surface area (Å²) >= 11 is 0. The van der Waals surface area contributed by atoms with E-state index in [1.807, 2.05) is 0 Å². The number of carbonyl (C=O) groups is 1. The maximum Gasteiger partial charge on any atom is 0.307 e. The summed E-state index contributed by atoms with van der Waals surface area (Å²) in [4.78, 5) is 15.7. The van der Waals surface area contributed by atoms with Crippen LogP contribution in [0.4, 0.5) is 0 Å². The van der Waals surface area contributed by atoms with Crippen LogP contribution in [0.1, 0.15) is 26.2 Å². The van der Waals surface area contributed by atoms with E-state index in [0.29, 0.717) is 18.6 Å². The third-order valence-electron chi connectivity index (χ3n) is 4.29. The lowest BCUT2D eigenvalue weighted by atomic mass is 10.0. The molecule has 2 fully saturated rings. The van der Waals surface area contributed by atoms with E-state index in [9.17, 15) is 4.79 Å². The van der Waals surface area contributed by atoms with Crippen LogP contribution < -0.4 is 5.73 Å². The van der Waals surface area contributed by atoms with E-state index < -0.39 is 5.97 Å². The molecule has 0 aromatic carbocycles. The van der Waals surface area contributed by atoms with Crippen LogP contribution in [0.5, 0.6) is 0 Å². The summed E-state index contributed by atoms with van der Waals surface area (Å²) in [6.07, 6.45) is 3.37. The quantitative estimate of drug-likeness (QED) is 0.751. The predicted octanol–water partition coefficient (Wildman–Crippen LogP) is 0.205. The molecule has 18 heavy (non-hydrogen) atoms. The van der Waals surface area contributed by atoms with Gasteiger partial charge in [0.05, 0.1) is 5.92 Å². The summed E-state index contributed by atoms with van der Waals surface area (Å²) in [5.41, 5.74) is 5.92. The molecule has 0 amide bonds. The van der Waals surface area contributed by atoms with Crippen molar-refractivity contribution in [2.45, 2.75) is 38.3 Å². The van der Waals surface area contributed by atoms with Gasteiger partial charge in [0, 0.05) is 25.2 Å². The first-order chi connectivity index (χ1) is 8.56. The van der Waals surface area contributed by atoms with E-state index in [1.54, 1.807) is 6.92 Å². The Morgan fingerprint density at radius 2 is 2.00 bits per heavy atom. The van der Waals surface area contributed by atoms with Gasteiger partial charge in [-0.25, -0.2) is 0 Å². The second kappa shape index (κ2) is 5.99. The van der Waals surface area contributed by atoms with Gasteiger partial charge in [-0.1, -0.05) is 6.92 Å². The van der Waals surface area contributed by atoms with Crippen LogP contribution in [-0.4, -0.2) is 65.7 Å². The van der Waals surface area contributed by atoms with Crippen LogP contribution in [0, 0.1) is 5.92 Å². The van der Waals surface area contributed by atoms with Crippen LogP contribution in [0.2, 0.25) is 0 Å². The van der Waals surface area contributed by atoms with Crippen molar-refractivity contribution < 1.29 is 9.90 Å². The Morgan fingerprint density at radius 3 is 2.61 bits per heavy atom. The third kappa shape index (κ3) is 3.43. The van der Waals surface area contributed by atoms with E-state index in [4.69, 9.17) is 10.8 Å². The normalized spacial score (nSPS) is 29.6. The minimum Gasteiger partial charge on any atom is -0.481 e.